The molecule has 0 aliphatic heterocycles. The highest BCUT2D eigenvalue weighted by Crippen LogP contribution is 2.39. The van der Waals surface area contributed by atoms with Crippen LogP contribution < -0.4 is 5.32 Å². The Morgan fingerprint density at radius 1 is 1.00 bits per heavy atom. The highest BCUT2D eigenvalue weighted by atomic mass is 17.2. The molecule has 27 heavy (non-hydrogen) atoms. The number of rotatable bonds is 10. The van der Waals surface area contributed by atoms with Crippen LogP contribution in [-0.4, -0.2) is 29.5 Å². The van der Waals surface area contributed by atoms with Crippen LogP contribution >= 0.6 is 0 Å². The number of quaternary nitrogens is 1. The molecule has 2 aromatic rings. The summed E-state index contributed by atoms with van der Waals surface area (Å²) in [6.07, 6.45) is 0.259. The summed E-state index contributed by atoms with van der Waals surface area (Å²) < 4.78 is 0. The van der Waals surface area contributed by atoms with E-state index in [1.165, 1.54) is 7.11 Å². The smallest absolute Gasteiger partial charge is 0.176 e. The van der Waals surface area contributed by atoms with Gasteiger partial charge in [0.15, 0.2) is 11.6 Å². The highest BCUT2D eigenvalue weighted by molar-refractivity contribution is 5.41. The Hall–Kier alpha value is -1.80. The summed E-state index contributed by atoms with van der Waals surface area (Å²) in [5, 5.41) is 31.3. The van der Waals surface area contributed by atoms with Gasteiger partial charge in [0, 0.05) is 12.0 Å². The zero-order chi connectivity index (χ0) is 19.9. The SMILES string of the molecule is CCC([NH2+]C)(c1ccccc1)C(OOC)c1cc(CO)c(CO)c(CO)c1. The number of aliphatic hydroxyl groups excluding tert-OH is 3. The van der Waals surface area contributed by atoms with E-state index in [0.29, 0.717) is 16.7 Å². The van der Waals surface area contributed by atoms with Gasteiger partial charge in [-0.15, -0.1) is 0 Å². The number of aliphatic hydroxyl groups is 3. The highest BCUT2D eigenvalue weighted by Gasteiger charge is 2.45. The van der Waals surface area contributed by atoms with Gasteiger partial charge >= 0.3 is 0 Å². The summed E-state index contributed by atoms with van der Waals surface area (Å²) in [6, 6.07) is 13.7. The fraction of sp³-hybridized carbons (Fsp3) is 0.429. The molecule has 2 atom stereocenters. The van der Waals surface area contributed by atoms with Gasteiger partial charge in [0.25, 0.3) is 0 Å². The van der Waals surface area contributed by atoms with Crippen LogP contribution in [0.15, 0.2) is 42.5 Å². The molecule has 2 rings (SSSR count). The molecule has 0 radical (unpaired) electrons. The lowest BCUT2D eigenvalue weighted by Crippen LogP contribution is -2.93. The minimum Gasteiger partial charge on any atom is -0.392 e. The normalized spacial score (nSPS) is 14.7. The maximum Gasteiger partial charge on any atom is 0.176 e. The number of hydrogen-bond donors (Lipinski definition) is 4. The Balaban J connectivity index is 2.68. The van der Waals surface area contributed by atoms with E-state index in [1.807, 2.05) is 37.4 Å². The van der Waals surface area contributed by atoms with Gasteiger partial charge in [0.05, 0.1) is 34.0 Å². The van der Waals surface area contributed by atoms with Gasteiger partial charge < -0.3 is 20.6 Å². The molecule has 6 heteroatoms. The van der Waals surface area contributed by atoms with Crippen molar-refractivity contribution >= 4 is 0 Å². The van der Waals surface area contributed by atoms with Crippen molar-refractivity contribution in [2.45, 2.75) is 44.8 Å². The Bertz CT molecular complexity index is 691. The van der Waals surface area contributed by atoms with Gasteiger partial charge in [-0.3, -0.25) is 0 Å². The molecule has 0 saturated heterocycles. The number of likely N-dealkylation sites (N-methyl/N-ethyl adjacent to an activating group) is 1. The molecule has 0 heterocycles. The molecular formula is C21H30NO5+. The first-order chi connectivity index (χ1) is 13.1. The summed E-state index contributed by atoms with van der Waals surface area (Å²) in [6.45, 7) is 1.36. The second kappa shape index (κ2) is 9.94. The summed E-state index contributed by atoms with van der Waals surface area (Å²) in [4.78, 5) is 10.8. The molecular weight excluding hydrogens is 346 g/mol. The quantitative estimate of drug-likeness (QED) is 0.370. The molecule has 0 amide bonds. The van der Waals surface area contributed by atoms with E-state index >= 15 is 0 Å². The minimum absolute atomic E-state index is 0.239. The third kappa shape index (κ3) is 4.21. The summed E-state index contributed by atoms with van der Waals surface area (Å²) in [5.41, 5.74) is 3.06. The van der Waals surface area contributed by atoms with Crippen LogP contribution in [0, 0.1) is 0 Å². The largest absolute Gasteiger partial charge is 0.392 e. The van der Waals surface area contributed by atoms with E-state index in [2.05, 4.69) is 24.4 Å². The van der Waals surface area contributed by atoms with Crippen LogP contribution in [0.2, 0.25) is 0 Å². The maximum atomic E-state index is 9.77. The van der Waals surface area contributed by atoms with Crippen molar-refractivity contribution in [1.29, 1.82) is 0 Å². The van der Waals surface area contributed by atoms with Gasteiger partial charge in [-0.1, -0.05) is 49.4 Å². The minimum atomic E-state index is -0.497. The average molecular weight is 376 g/mol. The van der Waals surface area contributed by atoms with Crippen LogP contribution in [0.3, 0.4) is 0 Å². The maximum absolute atomic E-state index is 9.77. The fourth-order valence-electron chi connectivity index (χ4n) is 3.81. The van der Waals surface area contributed by atoms with Gasteiger partial charge in [-0.05, 0) is 22.3 Å². The summed E-state index contributed by atoms with van der Waals surface area (Å²) >= 11 is 0. The zero-order valence-electron chi connectivity index (χ0n) is 16.2. The molecule has 0 fully saturated rings. The van der Waals surface area contributed by atoms with Crippen molar-refractivity contribution in [2.75, 3.05) is 14.2 Å². The summed E-state index contributed by atoms with van der Waals surface area (Å²) in [7, 11) is 3.46. The Morgan fingerprint density at radius 2 is 1.59 bits per heavy atom. The third-order valence-corrected chi connectivity index (χ3v) is 5.33. The second-order valence-electron chi connectivity index (χ2n) is 6.48. The van der Waals surface area contributed by atoms with E-state index in [4.69, 9.17) is 9.78 Å². The topological polar surface area (TPSA) is 95.8 Å². The average Bonchev–Trinajstić information content (AvgIpc) is 2.73. The molecule has 0 aliphatic carbocycles. The molecule has 0 saturated carbocycles. The van der Waals surface area contributed by atoms with Crippen LogP contribution in [0.4, 0.5) is 0 Å². The van der Waals surface area contributed by atoms with Crippen molar-refractivity contribution in [3.63, 3.8) is 0 Å². The van der Waals surface area contributed by atoms with Crippen molar-refractivity contribution in [2.24, 2.45) is 0 Å². The van der Waals surface area contributed by atoms with E-state index < -0.39 is 11.6 Å². The molecule has 2 aromatic carbocycles. The molecule has 0 aromatic heterocycles. The first kappa shape index (κ1) is 21.5. The van der Waals surface area contributed by atoms with Gasteiger partial charge in [0.1, 0.15) is 0 Å². The monoisotopic (exact) mass is 376 g/mol. The number of nitrogens with two attached hydrogens (primary N) is 1. The fourth-order valence-corrected chi connectivity index (χ4v) is 3.81. The van der Waals surface area contributed by atoms with E-state index in [1.54, 1.807) is 0 Å². The molecule has 6 nitrogen and oxygen atoms in total. The van der Waals surface area contributed by atoms with E-state index in [-0.39, 0.29) is 19.8 Å². The van der Waals surface area contributed by atoms with Crippen LogP contribution in [-0.2, 0) is 35.1 Å². The molecule has 0 spiro atoms. The predicted octanol–water partition coefficient (Wildman–Crippen LogP) is 1.28. The molecule has 148 valence electrons. The summed E-state index contributed by atoms with van der Waals surface area (Å²) in [5.74, 6) is 0. The Kier molecular flexibility index (Phi) is 7.91. The zero-order valence-corrected chi connectivity index (χ0v) is 16.2. The first-order valence-electron chi connectivity index (χ1n) is 9.14. The van der Waals surface area contributed by atoms with Gasteiger partial charge in [-0.25, -0.2) is 9.78 Å². The standard InChI is InChI=1S/C21H29NO5/c1-4-21(22-2,18-8-6-5-7-9-18)20(27-26-3)15-10-16(12-23)19(14-25)17(11-15)13-24/h5-11,20,22-25H,4,12-14H2,1-3H3/p+1. The van der Waals surface area contributed by atoms with Crippen molar-refractivity contribution in [1.82, 2.24) is 0 Å². The first-order valence-corrected chi connectivity index (χ1v) is 9.14. The molecule has 0 aliphatic rings. The lowest BCUT2D eigenvalue weighted by atomic mass is 9.78. The molecule has 2 unspecified atom stereocenters. The number of benzene rings is 2. The van der Waals surface area contributed by atoms with Crippen molar-refractivity contribution in [3.8, 4) is 0 Å². The van der Waals surface area contributed by atoms with E-state index in [9.17, 15) is 15.3 Å². The lowest BCUT2D eigenvalue weighted by molar-refractivity contribution is -0.730. The van der Waals surface area contributed by atoms with Crippen LogP contribution in [0.25, 0.3) is 0 Å². The van der Waals surface area contributed by atoms with Crippen molar-refractivity contribution < 1.29 is 30.4 Å². The van der Waals surface area contributed by atoms with Crippen LogP contribution in [0.5, 0.6) is 0 Å². The van der Waals surface area contributed by atoms with E-state index in [0.717, 1.165) is 17.5 Å². The van der Waals surface area contributed by atoms with Crippen molar-refractivity contribution in [3.05, 3.63) is 70.3 Å². The van der Waals surface area contributed by atoms with Crippen LogP contribution in [0.1, 0.15) is 47.3 Å². The van der Waals surface area contributed by atoms with Gasteiger partial charge in [0.2, 0.25) is 0 Å². The predicted molar refractivity (Wildman–Crippen MR) is 101 cm³/mol. The Morgan fingerprint density at radius 3 is 2.00 bits per heavy atom. The number of hydrogen-bond acceptors (Lipinski definition) is 5. The lowest BCUT2D eigenvalue weighted by Gasteiger charge is -2.36. The molecule has 5 N–H and O–H groups in total. The molecule has 0 bridgehead atoms. The third-order valence-electron chi connectivity index (χ3n) is 5.33. The van der Waals surface area contributed by atoms with Gasteiger partial charge in [-0.2, -0.15) is 0 Å². The second-order valence-corrected chi connectivity index (χ2v) is 6.48. The Labute approximate surface area is 160 Å².